The summed E-state index contributed by atoms with van der Waals surface area (Å²) >= 11 is 1.61. The molecule has 6 heteroatoms. The van der Waals surface area contributed by atoms with Gasteiger partial charge in [-0.25, -0.2) is 4.68 Å². The minimum Gasteiger partial charge on any atom is -0.382 e. The first-order valence-corrected chi connectivity index (χ1v) is 6.57. The Morgan fingerprint density at radius 2 is 2.33 bits per heavy atom. The average molecular weight is 260 g/mol. The van der Waals surface area contributed by atoms with Gasteiger partial charge in [0.15, 0.2) is 0 Å². The number of nitrogens with zero attached hydrogens (tertiary/aromatic N) is 4. The predicted octanol–water partition coefficient (Wildman–Crippen LogP) is 1.99. The second-order valence-corrected chi connectivity index (χ2v) is 4.90. The first kappa shape index (κ1) is 11.3. The van der Waals surface area contributed by atoms with Gasteiger partial charge < -0.3 is 5.11 Å². The van der Waals surface area contributed by atoms with Gasteiger partial charge in [-0.15, -0.1) is 16.4 Å². The predicted molar refractivity (Wildman–Crippen MR) is 69.4 cm³/mol. The van der Waals surface area contributed by atoms with E-state index < -0.39 is 6.10 Å². The van der Waals surface area contributed by atoms with Gasteiger partial charge in [-0.05, 0) is 24.4 Å². The van der Waals surface area contributed by atoms with E-state index in [1.807, 2.05) is 24.4 Å². The zero-order valence-electron chi connectivity index (χ0n) is 9.82. The summed E-state index contributed by atoms with van der Waals surface area (Å²) in [6.45, 7) is 2.65. The van der Waals surface area contributed by atoms with Crippen LogP contribution in [0.15, 0.2) is 29.9 Å². The van der Waals surface area contributed by atoms with Gasteiger partial charge in [0.05, 0.1) is 22.1 Å². The van der Waals surface area contributed by atoms with Crippen molar-refractivity contribution in [2.24, 2.45) is 0 Å². The summed E-state index contributed by atoms with van der Waals surface area (Å²) in [5.41, 5.74) is 2.41. The van der Waals surface area contributed by atoms with Crippen molar-refractivity contribution in [3.8, 4) is 0 Å². The van der Waals surface area contributed by atoms with E-state index in [2.05, 4.69) is 15.3 Å². The van der Waals surface area contributed by atoms with Crippen LogP contribution < -0.4 is 0 Å². The smallest absolute Gasteiger partial charge is 0.124 e. The summed E-state index contributed by atoms with van der Waals surface area (Å²) < 4.78 is 2.76. The molecule has 0 amide bonds. The van der Waals surface area contributed by atoms with Crippen molar-refractivity contribution in [3.63, 3.8) is 0 Å². The fourth-order valence-electron chi connectivity index (χ4n) is 1.91. The van der Waals surface area contributed by atoms with E-state index >= 15 is 0 Å². The molecule has 0 fully saturated rings. The van der Waals surface area contributed by atoms with E-state index in [0.29, 0.717) is 12.2 Å². The van der Waals surface area contributed by atoms with Crippen molar-refractivity contribution in [3.05, 3.63) is 41.2 Å². The van der Waals surface area contributed by atoms with Crippen molar-refractivity contribution in [2.45, 2.75) is 19.6 Å². The van der Waals surface area contributed by atoms with Gasteiger partial charge in [0.1, 0.15) is 6.10 Å². The lowest BCUT2D eigenvalue weighted by Crippen LogP contribution is -2.09. The lowest BCUT2D eigenvalue weighted by molar-refractivity contribution is 0.208. The Bertz CT molecular complexity index is 675. The third-order valence-corrected chi connectivity index (χ3v) is 3.72. The molecule has 1 unspecified atom stereocenters. The fraction of sp³-hybridized carbons (Fsp3) is 0.250. The normalized spacial score (nSPS) is 13.0. The third kappa shape index (κ3) is 1.79. The Morgan fingerprint density at radius 1 is 1.44 bits per heavy atom. The molecule has 0 aliphatic rings. The maximum Gasteiger partial charge on any atom is 0.124 e. The van der Waals surface area contributed by atoms with Crippen LogP contribution in [0.4, 0.5) is 0 Å². The topological polar surface area (TPSA) is 63.8 Å². The number of pyridine rings is 1. The Kier molecular flexibility index (Phi) is 2.81. The minimum atomic E-state index is -0.737. The van der Waals surface area contributed by atoms with Crippen LogP contribution in [-0.4, -0.2) is 25.1 Å². The molecule has 3 aromatic heterocycles. The molecule has 3 aromatic rings. The molecular weight excluding hydrogens is 248 g/mol. The minimum absolute atomic E-state index is 0.682. The molecule has 0 aromatic carbocycles. The molecule has 3 rings (SSSR count). The number of aliphatic hydroxyl groups excluding tert-OH is 1. The van der Waals surface area contributed by atoms with E-state index in [0.717, 1.165) is 15.8 Å². The summed E-state index contributed by atoms with van der Waals surface area (Å²) in [4.78, 5) is 4.33. The number of thiophene rings is 1. The van der Waals surface area contributed by atoms with Crippen LogP contribution in [0.2, 0.25) is 0 Å². The van der Waals surface area contributed by atoms with Crippen LogP contribution in [0.25, 0.3) is 10.2 Å². The third-order valence-electron chi connectivity index (χ3n) is 2.87. The van der Waals surface area contributed by atoms with E-state index in [-0.39, 0.29) is 0 Å². The summed E-state index contributed by atoms with van der Waals surface area (Å²) in [5, 5.41) is 20.1. The standard InChI is InChI=1S/C12H12N4OS/c1-2-16-10(7-14-15-16)12(17)8-5-11-9(13-6-8)3-4-18-11/h3-7,12,17H,2H2,1H3. The van der Waals surface area contributed by atoms with Gasteiger partial charge >= 0.3 is 0 Å². The largest absolute Gasteiger partial charge is 0.382 e. The number of hydrogen-bond donors (Lipinski definition) is 1. The monoisotopic (exact) mass is 260 g/mol. The number of hydrogen-bond acceptors (Lipinski definition) is 5. The van der Waals surface area contributed by atoms with Crippen molar-refractivity contribution in [1.82, 2.24) is 20.0 Å². The van der Waals surface area contributed by atoms with Crippen LogP contribution in [0.1, 0.15) is 24.3 Å². The van der Waals surface area contributed by atoms with E-state index in [1.165, 1.54) is 0 Å². The quantitative estimate of drug-likeness (QED) is 0.782. The maximum absolute atomic E-state index is 10.4. The van der Waals surface area contributed by atoms with Crippen LogP contribution in [0.5, 0.6) is 0 Å². The molecular formula is C12H12N4OS. The molecule has 5 nitrogen and oxygen atoms in total. The van der Waals surface area contributed by atoms with Gasteiger partial charge in [0.2, 0.25) is 0 Å². The van der Waals surface area contributed by atoms with Gasteiger partial charge in [0.25, 0.3) is 0 Å². The number of aryl methyl sites for hydroxylation is 1. The second kappa shape index (κ2) is 4.47. The summed E-state index contributed by atoms with van der Waals surface area (Å²) in [7, 11) is 0. The Hall–Kier alpha value is -1.79. The molecule has 0 radical (unpaired) electrons. The van der Waals surface area contributed by atoms with Crippen molar-refractivity contribution >= 4 is 21.6 Å². The Labute approximate surface area is 108 Å². The number of aromatic nitrogens is 4. The summed E-state index contributed by atoms with van der Waals surface area (Å²) in [5.74, 6) is 0. The molecule has 0 bridgehead atoms. The van der Waals surface area contributed by atoms with Crippen molar-refractivity contribution < 1.29 is 5.11 Å². The average Bonchev–Trinajstić information content (AvgIpc) is 3.05. The highest BCUT2D eigenvalue weighted by Crippen LogP contribution is 2.26. The molecule has 0 saturated carbocycles. The molecule has 18 heavy (non-hydrogen) atoms. The van der Waals surface area contributed by atoms with Crippen LogP contribution in [0, 0.1) is 0 Å². The van der Waals surface area contributed by atoms with Crippen molar-refractivity contribution in [2.75, 3.05) is 0 Å². The Morgan fingerprint density at radius 3 is 3.17 bits per heavy atom. The van der Waals surface area contributed by atoms with Crippen LogP contribution >= 0.6 is 11.3 Å². The lowest BCUT2D eigenvalue weighted by atomic mass is 10.1. The number of fused-ring (bicyclic) bond motifs is 1. The highest BCUT2D eigenvalue weighted by Gasteiger charge is 2.16. The molecule has 92 valence electrons. The van der Waals surface area contributed by atoms with Crippen molar-refractivity contribution in [1.29, 1.82) is 0 Å². The number of rotatable bonds is 3. The highest BCUT2D eigenvalue weighted by atomic mass is 32.1. The molecule has 1 N–H and O–H groups in total. The number of aliphatic hydroxyl groups is 1. The Balaban J connectivity index is 2.03. The van der Waals surface area contributed by atoms with E-state index in [9.17, 15) is 5.11 Å². The highest BCUT2D eigenvalue weighted by molar-refractivity contribution is 7.17. The molecule has 0 saturated heterocycles. The van der Waals surface area contributed by atoms with E-state index in [4.69, 9.17) is 0 Å². The van der Waals surface area contributed by atoms with Gasteiger partial charge in [0, 0.05) is 18.3 Å². The molecule has 0 aliphatic heterocycles. The summed E-state index contributed by atoms with van der Waals surface area (Å²) in [6, 6.07) is 3.93. The van der Waals surface area contributed by atoms with Gasteiger partial charge in [-0.1, -0.05) is 5.21 Å². The zero-order chi connectivity index (χ0) is 12.5. The van der Waals surface area contributed by atoms with E-state index in [1.54, 1.807) is 28.4 Å². The molecule has 1 atom stereocenters. The first-order chi connectivity index (χ1) is 8.79. The van der Waals surface area contributed by atoms with Crippen LogP contribution in [-0.2, 0) is 6.54 Å². The lowest BCUT2D eigenvalue weighted by Gasteiger charge is -2.11. The SMILES string of the molecule is CCn1nncc1C(O)c1cnc2ccsc2c1. The van der Waals surface area contributed by atoms with Crippen LogP contribution in [0.3, 0.4) is 0 Å². The fourth-order valence-corrected chi connectivity index (χ4v) is 2.69. The van der Waals surface area contributed by atoms with Gasteiger partial charge in [-0.3, -0.25) is 4.98 Å². The summed E-state index contributed by atoms with van der Waals surface area (Å²) in [6.07, 6.45) is 2.55. The van der Waals surface area contributed by atoms with Gasteiger partial charge in [-0.2, -0.15) is 0 Å². The molecule has 0 aliphatic carbocycles. The molecule has 3 heterocycles. The first-order valence-electron chi connectivity index (χ1n) is 5.69. The zero-order valence-corrected chi connectivity index (χ0v) is 10.6. The molecule has 0 spiro atoms. The maximum atomic E-state index is 10.4. The second-order valence-electron chi connectivity index (χ2n) is 3.95.